The van der Waals surface area contributed by atoms with Crippen molar-refractivity contribution in [2.24, 2.45) is 11.8 Å². The maximum Gasteiger partial charge on any atom is 0.0692 e. The first-order chi connectivity index (χ1) is 7.67. The van der Waals surface area contributed by atoms with Crippen molar-refractivity contribution in [1.82, 2.24) is 4.90 Å². The SMILES string of the molecule is CCC(C)C(O)CN1CCC(COC)CC1. The molecule has 0 saturated carbocycles. The van der Waals surface area contributed by atoms with Gasteiger partial charge in [-0.05, 0) is 37.8 Å². The molecule has 0 bridgehead atoms. The Balaban J connectivity index is 2.21. The van der Waals surface area contributed by atoms with Crippen LogP contribution in [0, 0.1) is 11.8 Å². The second-order valence-electron chi connectivity index (χ2n) is 5.15. The van der Waals surface area contributed by atoms with Gasteiger partial charge in [0, 0.05) is 20.3 Å². The van der Waals surface area contributed by atoms with Gasteiger partial charge in [0.25, 0.3) is 0 Å². The van der Waals surface area contributed by atoms with E-state index in [1.165, 1.54) is 12.8 Å². The molecule has 0 aromatic carbocycles. The summed E-state index contributed by atoms with van der Waals surface area (Å²) in [5, 5.41) is 9.97. The summed E-state index contributed by atoms with van der Waals surface area (Å²) in [7, 11) is 1.78. The third-order valence-corrected chi connectivity index (χ3v) is 3.86. The molecule has 1 aliphatic rings. The first kappa shape index (κ1) is 13.9. The Bertz CT molecular complexity index is 179. The minimum atomic E-state index is -0.163. The summed E-state index contributed by atoms with van der Waals surface area (Å²) >= 11 is 0. The van der Waals surface area contributed by atoms with Crippen molar-refractivity contribution in [3.05, 3.63) is 0 Å². The van der Waals surface area contributed by atoms with Crippen LogP contribution in [0.2, 0.25) is 0 Å². The van der Waals surface area contributed by atoms with Crippen molar-refractivity contribution < 1.29 is 9.84 Å². The van der Waals surface area contributed by atoms with E-state index < -0.39 is 0 Å². The van der Waals surface area contributed by atoms with Crippen molar-refractivity contribution in [3.8, 4) is 0 Å². The number of β-amino-alcohol motifs (C(OH)–C–C–N with tert-alkyl or cyclic N) is 1. The second kappa shape index (κ2) is 7.25. The van der Waals surface area contributed by atoms with Gasteiger partial charge in [-0.3, -0.25) is 0 Å². The van der Waals surface area contributed by atoms with E-state index in [9.17, 15) is 5.11 Å². The Morgan fingerprint density at radius 2 is 2.00 bits per heavy atom. The standard InChI is InChI=1S/C13H27NO2/c1-4-11(2)13(15)9-14-7-5-12(6-8-14)10-16-3/h11-13,15H,4-10H2,1-3H3. The summed E-state index contributed by atoms with van der Waals surface area (Å²) in [6.07, 6.45) is 3.31. The maximum absolute atomic E-state index is 9.97. The zero-order valence-electron chi connectivity index (χ0n) is 11.0. The predicted molar refractivity (Wildman–Crippen MR) is 66.5 cm³/mol. The zero-order chi connectivity index (χ0) is 12.0. The number of aliphatic hydroxyl groups excluding tert-OH is 1. The van der Waals surface area contributed by atoms with E-state index in [-0.39, 0.29) is 6.10 Å². The van der Waals surface area contributed by atoms with Crippen LogP contribution in [0.3, 0.4) is 0 Å². The van der Waals surface area contributed by atoms with E-state index in [0.29, 0.717) is 5.92 Å². The molecule has 1 fully saturated rings. The van der Waals surface area contributed by atoms with Gasteiger partial charge in [0.1, 0.15) is 0 Å². The smallest absolute Gasteiger partial charge is 0.0692 e. The van der Waals surface area contributed by atoms with Crippen LogP contribution in [0.1, 0.15) is 33.1 Å². The lowest BCUT2D eigenvalue weighted by Gasteiger charge is -2.33. The van der Waals surface area contributed by atoms with Crippen LogP contribution >= 0.6 is 0 Å². The average Bonchev–Trinajstić information content (AvgIpc) is 2.31. The molecule has 0 spiro atoms. The molecule has 1 heterocycles. The molecule has 1 aliphatic heterocycles. The van der Waals surface area contributed by atoms with Crippen LogP contribution in [0.15, 0.2) is 0 Å². The molecule has 0 aliphatic carbocycles. The average molecular weight is 229 g/mol. The Hall–Kier alpha value is -0.120. The van der Waals surface area contributed by atoms with Gasteiger partial charge in [0.2, 0.25) is 0 Å². The molecule has 2 atom stereocenters. The highest BCUT2D eigenvalue weighted by Crippen LogP contribution is 2.18. The highest BCUT2D eigenvalue weighted by atomic mass is 16.5. The molecule has 2 unspecified atom stereocenters. The fourth-order valence-electron chi connectivity index (χ4n) is 2.29. The van der Waals surface area contributed by atoms with Crippen molar-refractivity contribution in [1.29, 1.82) is 0 Å². The predicted octanol–water partition coefficient (Wildman–Crippen LogP) is 1.75. The quantitative estimate of drug-likeness (QED) is 0.753. The van der Waals surface area contributed by atoms with Crippen LogP contribution in [0.4, 0.5) is 0 Å². The Morgan fingerprint density at radius 1 is 1.38 bits per heavy atom. The van der Waals surface area contributed by atoms with E-state index >= 15 is 0 Å². The monoisotopic (exact) mass is 229 g/mol. The number of piperidine rings is 1. The zero-order valence-corrected chi connectivity index (χ0v) is 11.0. The first-order valence-electron chi connectivity index (χ1n) is 6.56. The van der Waals surface area contributed by atoms with E-state index in [4.69, 9.17) is 4.74 Å². The highest BCUT2D eigenvalue weighted by Gasteiger charge is 2.22. The molecule has 1 N–H and O–H groups in total. The summed E-state index contributed by atoms with van der Waals surface area (Å²) in [6.45, 7) is 8.22. The topological polar surface area (TPSA) is 32.7 Å². The molecule has 1 saturated heterocycles. The third kappa shape index (κ3) is 4.40. The molecule has 1 rings (SSSR count). The van der Waals surface area contributed by atoms with Gasteiger partial charge in [-0.25, -0.2) is 0 Å². The van der Waals surface area contributed by atoms with Crippen molar-refractivity contribution >= 4 is 0 Å². The summed E-state index contributed by atoms with van der Waals surface area (Å²) in [5.41, 5.74) is 0. The molecule has 0 aromatic heterocycles. The molecule has 0 aromatic rings. The van der Waals surface area contributed by atoms with Gasteiger partial charge in [-0.15, -0.1) is 0 Å². The van der Waals surface area contributed by atoms with Crippen molar-refractivity contribution in [2.75, 3.05) is 33.4 Å². The Kier molecular flexibility index (Phi) is 6.32. The largest absolute Gasteiger partial charge is 0.392 e. The van der Waals surface area contributed by atoms with E-state index in [1.54, 1.807) is 7.11 Å². The van der Waals surface area contributed by atoms with Crippen LogP contribution in [-0.4, -0.2) is 49.5 Å². The first-order valence-corrected chi connectivity index (χ1v) is 6.56. The van der Waals surface area contributed by atoms with Gasteiger partial charge >= 0.3 is 0 Å². The summed E-state index contributed by atoms with van der Waals surface area (Å²) < 4.78 is 5.19. The number of hydrogen-bond donors (Lipinski definition) is 1. The fraction of sp³-hybridized carbons (Fsp3) is 1.00. The summed E-state index contributed by atoms with van der Waals surface area (Å²) in [5.74, 6) is 1.14. The molecule has 0 radical (unpaired) electrons. The summed E-state index contributed by atoms with van der Waals surface area (Å²) in [6, 6.07) is 0. The van der Waals surface area contributed by atoms with Gasteiger partial charge in [-0.2, -0.15) is 0 Å². The normalized spacial score (nSPS) is 23.2. The molecular weight excluding hydrogens is 202 g/mol. The maximum atomic E-state index is 9.97. The minimum Gasteiger partial charge on any atom is -0.392 e. The van der Waals surface area contributed by atoms with Gasteiger partial charge in [0.15, 0.2) is 0 Å². The van der Waals surface area contributed by atoms with Crippen LogP contribution in [0.5, 0.6) is 0 Å². The molecule has 3 heteroatoms. The van der Waals surface area contributed by atoms with Gasteiger partial charge in [0.05, 0.1) is 6.10 Å². The Labute approximate surface area is 99.8 Å². The number of aliphatic hydroxyl groups is 1. The van der Waals surface area contributed by atoms with Gasteiger partial charge in [-0.1, -0.05) is 20.3 Å². The second-order valence-corrected chi connectivity index (χ2v) is 5.15. The number of methoxy groups -OCH3 is 1. The molecule has 0 amide bonds. The molecule has 96 valence electrons. The molecule has 16 heavy (non-hydrogen) atoms. The molecular formula is C13H27NO2. The van der Waals surface area contributed by atoms with E-state index in [0.717, 1.165) is 38.6 Å². The lowest BCUT2D eigenvalue weighted by Crippen LogP contribution is -2.41. The molecule has 3 nitrogen and oxygen atoms in total. The van der Waals surface area contributed by atoms with Crippen molar-refractivity contribution in [3.63, 3.8) is 0 Å². The number of ether oxygens (including phenoxy) is 1. The Morgan fingerprint density at radius 3 is 2.50 bits per heavy atom. The van der Waals surface area contributed by atoms with E-state index in [2.05, 4.69) is 18.7 Å². The lowest BCUT2D eigenvalue weighted by atomic mass is 9.96. The van der Waals surface area contributed by atoms with Crippen LogP contribution in [-0.2, 0) is 4.74 Å². The summed E-state index contributed by atoms with van der Waals surface area (Å²) in [4.78, 5) is 2.39. The third-order valence-electron chi connectivity index (χ3n) is 3.86. The van der Waals surface area contributed by atoms with Crippen LogP contribution < -0.4 is 0 Å². The van der Waals surface area contributed by atoms with Crippen molar-refractivity contribution in [2.45, 2.75) is 39.2 Å². The highest BCUT2D eigenvalue weighted by molar-refractivity contribution is 4.75. The van der Waals surface area contributed by atoms with Crippen LogP contribution in [0.25, 0.3) is 0 Å². The van der Waals surface area contributed by atoms with Gasteiger partial charge < -0.3 is 14.7 Å². The van der Waals surface area contributed by atoms with E-state index in [1.807, 2.05) is 0 Å². The number of rotatable bonds is 6. The number of nitrogens with zero attached hydrogens (tertiary/aromatic N) is 1. The number of hydrogen-bond acceptors (Lipinski definition) is 3. The lowest BCUT2D eigenvalue weighted by molar-refractivity contribution is 0.0424. The minimum absolute atomic E-state index is 0.163. The number of likely N-dealkylation sites (tertiary alicyclic amines) is 1. The fourth-order valence-corrected chi connectivity index (χ4v) is 2.29.